The van der Waals surface area contributed by atoms with Gasteiger partial charge >= 0.3 is 6.03 Å². The Bertz CT molecular complexity index is 1090. The fourth-order valence-corrected chi connectivity index (χ4v) is 4.69. The van der Waals surface area contributed by atoms with E-state index in [0.29, 0.717) is 30.9 Å². The number of aliphatic hydroxyl groups is 1. The quantitative estimate of drug-likeness (QED) is 0.627. The summed E-state index contributed by atoms with van der Waals surface area (Å²) in [5.41, 5.74) is 2.43. The van der Waals surface area contributed by atoms with E-state index in [1.54, 1.807) is 21.5 Å². The Morgan fingerprint density at radius 1 is 1.44 bits per heavy atom. The molecule has 2 aromatic rings. The number of amides is 3. The topological polar surface area (TPSA) is 90.7 Å². The van der Waals surface area contributed by atoms with E-state index in [1.165, 1.54) is 24.3 Å². The highest BCUT2D eigenvalue weighted by Crippen LogP contribution is 2.30. The second kappa shape index (κ2) is 8.67. The van der Waals surface area contributed by atoms with Gasteiger partial charge in [-0.2, -0.15) is 5.10 Å². The molecule has 8 nitrogen and oxygen atoms in total. The molecule has 170 valence electrons. The number of hydrogen-bond acceptors (Lipinski definition) is 4. The standard InChI is InChI=1S/C22H25BrFN5O3/c1-4-19(30)13-9-27(3)21(31)20-15-11-28(12(2)7-18(15)26-29(20)10-13)22(32)25-14-5-6-17(24)16(23)8-14/h4-6,8,12-13,19,30H,1,7,9-11H2,2-3H3,(H,25,32)/t12-,13?,19+/m1/s1. The summed E-state index contributed by atoms with van der Waals surface area (Å²) in [5, 5.41) is 17.8. The number of fused-ring (bicyclic) bond motifs is 3. The second-order valence-electron chi connectivity index (χ2n) is 8.37. The first-order chi connectivity index (χ1) is 15.2. The summed E-state index contributed by atoms with van der Waals surface area (Å²) in [6.07, 6.45) is 1.22. The zero-order valence-electron chi connectivity index (χ0n) is 17.9. The molecular formula is C22H25BrFN5O3. The first kappa shape index (κ1) is 22.5. The lowest BCUT2D eigenvalue weighted by molar-refractivity contribution is 0.0724. The van der Waals surface area contributed by atoms with E-state index in [4.69, 9.17) is 0 Å². The van der Waals surface area contributed by atoms with Gasteiger partial charge in [-0.15, -0.1) is 6.58 Å². The molecule has 2 N–H and O–H groups in total. The fraction of sp³-hybridized carbons (Fsp3) is 0.409. The van der Waals surface area contributed by atoms with Crippen molar-refractivity contribution in [2.75, 3.05) is 18.9 Å². The molecule has 1 unspecified atom stereocenters. The van der Waals surface area contributed by atoms with E-state index in [2.05, 4.69) is 32.9 Å². The Balaban J connectivity index is 1.62. The molecule has 3 amide bonds. The average Bonchev–Trinajstić information content (AvgIpc) is 3.04. The molecule has 10 heteroatoms. The van der Waals surface area contributed by atoms with Crippen LogP contribution in [-0.4, -0.2) is 62.4 Å². The first-order valence-electron chi connectivity index (χ1n) is 10.4. The number of hydrogen-bond donors (Lipinski definition) is 2. The van der Waals surface area contributed by atoms with E-state index >= 15 is 0 Å². The van der Waals surface area contributed by atoms with Crippen LogP contribution in [-0.2, 0) is 19.5 Å². The van der Waals surface area contributed by atoms with Crippen molar-refractivity contribution in [3.05, 3.63) is 58.1 Å². The van der Waals surface area contributed by atoms with Crippen LogP contribution in [0.3, 0.4) is 0 Å². The highest BCUT2D eigenvalue weighted by Gasteiger charge is 2.37. The minimum Gasteiger partial charge on any atom is -0.389 e. The lowest BCUT2D eigenvalue weighted by Gasteiger charge is -2.33. The molecule has 0 aliphatic carbocycles. The van der Waals surface area contributed by atoms with E-state index < -0.39 is 11.9 Å². The number of aliphatic hydroxyl groups excluding tert-OH is 1. The molecule has 0 spiro atoms. The van der Waals surface area contributed by atoms with Gasteiger partial charge in [0.1, 0.15) is 11.5 Å². The number of nitrogens with one attached hydrogen (secondary N) is 1. The molecule has 0 saturated heterocycles. The molecule has 0 radical (unpaired) electrons. The van der Waals surface area contributed by atoms with E-state index in [9.17, 15) is 19.1 Å². The Morgan fingerprint density at radius 3 is 2.88 bits per heavy atom. The summed E-state index contributed by atoms with van der Waals surface area (Å²) in [4.78, 5) is 29.4. The van der Waals surface area contributed by atoms with E-state index in [-0.39, 0.29) is 34.9 Å². The minimum atomic E-state index is -0.756. The SMILES string of the molecule is C=C[C@H](O)C1CN(C)C(=O)c2c3c(nn2C1)C[C@@H](C)N(C(=O)Nc1ccc(F)c(Br)c1)C3. The van der Waals surface area contributed by atoms with Gasteiger partial charge in [-0.1, -0.05) is 6.08 Å². The summed E-state index contributed by atoms with van der Waals surface area (Å²) >= 11 is 3.12. The molecule has 2 aliphatic heterocycles. The lowest BCUT2D eigenvalue weighted by atomic mass is 9.99. The zero-order valence-corrected chi connectivity index (χ0v) is 19.5. The summed E-state index contributed by atoms with van der Waals surface area (Å²) in [5.74, 6) is -0.822. The number of halogens is 2. The summed E-state index contributed by atoms with van der Waals surface area (Å²) in [6.45, 7) is 6.57. The molecule has 1 aromatic heterocycles. The van der Waals surface area contributed by atoms with Crippen LogP contribution >= 0.6 is 15.9 Å². The smallest absolute Gasteiger partial charge is 0.322 e. The predicted molar refractivity (Wildman–Crippen MR) is 121 cm³/mol. The van der Waals surface area contributed by atoms with Gasteiger partial charge in [-0.25, -0.2) is 9.18 Å². The Labute approximate surface area is 193 Å². The van der Waals surface area contributed by atoms with Gasteiger partial charge < -0.3 is 20.2 Å². The van der Waals surface area contributed by atoms with E-state index in [0.717, 1.165) is 11.3 Å². The van der Waals surface area contributed by atoms with Gasteiger partial charge in [-0.3, -0.25) is 9.48 Å². The summed E-state index contributed by atoms with van der Waals surface area (Å²) in [7, 11) is 1.70. The third-order valence-electron chi connectivity index (χ3n) is 6.10. The molecule has 0 saturated carbocycles. The third-order valence-corrected chi connectivity index (χ3v) is 6.71. The first-order valence-corrected chi connectivity index (χ1v) is 11.2. The van der Waals surface area contributed by atoms with Crippen LogP contribution in [0.1, 0.15) is 28.7 Å². The Kier molecular flexibility index (Phi) is 6.09. The van der Waals surface area contributed by atoms with Crippen molar-refractivity contribution in [1.82, 2.24) is 19.6 Å². The number of benzene rings is 1. The van der Waals surface area contributed by atoms with Crippen molar-refractivity contribution < 1.29 is 19.1 Å². The van der Waals surface area contributed by atoms with Crippen molar-refractivity contribution >= 4 is 33.6 Å². The minimum absolute atomic E-state index is 0.145. The summed E-state index contributed by atoms with van der Waals surface area (Å²) in [6, 6.07) is 3.79. The highest BCUT2D eigenvalue weighted by molar-refractivity contribution is 9.10. The number of urea groups is 1. The number of anilines is 1. The van der Waals surface area contributed by atoms with Crippen LogP contribution < -0.4 is 5.32 Å². The van der Waals surface area contributed by atoms with Crippen molar-refractivity contribution in [3.63, 3.8) is 0 Å². The van der Waals surface area contributed by atoms with Crippen LogP contribution in [0, 0.1) is 11.7 Å². The Morgan fingerprint density at radius 2 is 2.19 bits per heavy atom. The third kappa shape index (κ3) is 4.04. The van der Waals surface area contributed by atoms with E-state index in [1.807, 2.05) is 6.92 Å². The fourth-order valence-electron chi connectivity index (χ4n) is 4.31. The molecule has 3 heterocycles. The number of carbonyl (C=O) groups excluding carboxylic acids is 2. The molecular weight excluding hydrogens is 481 g/mol. The van der Waals surface area contributed by atoms with Crippen molar-refractivity contribution in [2.45, 2.75) is 38.6 Å². The molecule has 4 rings (SSSR count). The van der Waals surface area contributed by atoms with Crippen molar-refractivity contribution in [2.24, 2.45) is 5.92 Å². The molecule has 1 aromatic carbocycles. The maximum Gasteiger partial charge on any atom is 0.322 e. The van der Waals surface area contributed by atoms with Crippen molar-refractivity contribution in [3.8, 4) is 0 Å². The van der Waals surface area contributed by atoms with Gasteiger partial charge in [0, 0.05) is 49.8 Å². The molecule has 2 aliphatic rings. The summed E-state index contributed by atoms with van der Waals surface area (Å²) < 4.78 is 15.4. The Hall–Kier alpha value is -2.72. The van der Waals surface area contributed by atoms with Gasteiger partial charge in [0.25, 0.3) is 5.91 Å². The van der Waals surface area contributed by atoms with Crippen LogP contribution in [0.15, 0.2) is 35.3 Å². The van der Waals surface area contributed by atoms with Crippen molar-refractivity contribution in [1.29, 1.82) is 0 Å². The zero-order chi connectivity index (χ0) is 23.2. The van der Waals surface area contributed by atoms with Crippen LogP contribution in [0.25, 0.3) is 0 Å². The molecule has 32 heavy (non-hydrogen) atoms. The number of carbonyl (C=O) groups is 2. The number of aromatic nitrogens is 2. The van der Waals surface area contributed by atoms with Gasteiger partial charge in [0.05, 0.1) is 22.8 Å². The van der Waals surface area contributed by atoms with Gasteiger partial charge in [-0.05, 0) is 41.1 Å². The van der Waals surface area contributed by atoms with Gasteiger partial charge in [0.2, 0.25) is 0 Å². The number of nitrogens with zero attached hydrogens (tertiary/aromatic N) is 4. The van der Waals surface area contributed by atoms with Crippen LogP contribution in [0.4, 0.5) is 14.9 Å². The lowest BCUT2D eigenvalue weighted by Crippen LogP contribution is -2.45. The number of rotatable bonds is 3. The van der Waals surface area contributed by atoms with Crippen LogP contribution in [0.2, 0.25) is 0 Å². The maximum absolute atomic E-state index is 13.5. The molecule has 0 bridgehead atoms. The monoisotopic (exact) mass is 505 g/mol. The van der Waals surface area contributed by atoms with Crippen LogP contribution in [0.5, 0.6) is 0 Å². The highest BCUT2D eigenvalue weighted by atomic mass is 79.9. The second-order valence-corrected chi connectivity index (χ2v) is 9.22. The average molecular weight is 506 g/mol. The largest absolute Gasteiger partial charge is 0.389 e. The molecule has 3 atom stereocenters. The molecule has 0 fully saturated rings. The van der Waals surface area contributed by atoms with Gasteiger partial charge in [0.15, 0.2) is 0 Å². The predicted octanol–water partition coefficient (Wildman–Crippen LogP) is 3.01. The normalized spacial score (nSPS) is 21.5. The maximum atomic E-state index is 13.5.